The summed E-state index contributed by atoms with van der Waals surface area (Å²) in [5.74, 6) is -0.0231. The van der Waals surface area contributed by atoms with Gasteiger partial charge in [-0.1, -0.05) is 54.6 Å². The van der Waals surface area contributed by atoms with E-state index in [9.17, 15) is 9.18 Å². The Bertz CT molecular complexity index is 661. The van der Waals surface area contributed by atoms with E-state index in [1.165, 1.54) is 29.2 Å². The van der Waals surface area contributed by atoms with E-state index in [-0.39, 0.29) is 17.5 Å². The van der Waals surface area contributed by atoms with Crippen LogP contribution in [0.25, 0.3) is 0 Å². The number of hydrogen-bond acceptors (Lipinski definition) is 6. The monoisotopic (exact) mass is 391 g/mol. The highest BCUT2D eigenvalue weighted by molar-refractivity contribution is 8.01. The molecule has 124 valence electrons. The van der Waals surface area contributed by atoms with Gasteiger partial charge in [0.15, 0.2) is 4.34 Å². The smallest absolute Gasteiger partial charge is 0.236 e. The van der Waals surface area contributed by atoms with E-state index >= 15 is 0 Å². The quantitative estimate of drug-likeness (QED) is 0.547. The number of thioether (sulfide) groups is 2. The number of benzene rings is 1. The van der Waals surface area contributed by atoms with E-state index in [1.807, 2.05) is 0 Å². The van der Waals surface area contributed by atoms with Gasteiger partial charge in [-0.05, 0) is 12.1 Å². The van der Waals surface area contributed by atoms with Crippen LogP contribution in [0.2, 0.25) is 5.02 Å². The van der Waals surface area contributed by atoms with Crippen molar-refractivity contribution in [2.45, 2.75) is 29.2 Å². The highest BCUT2D eigenvalue weighted by atomic mass is 35.5. The predicted molar refractivity (Wildman–Crippen MR) is 97.1 cm³/mol. The van der Waals surface area contributed by atoms with Crippen molar-refractivity contribution in [1.29, 1.82) is 0 Å². The summed E-state index contributed by atoms with van der Waals surface area (Å²) in [6, 6.07) is 4.55. The number of carbonyl (C=O) groups excluding carboxylic acids is 1. The summed E-state index contributed by atoms with van der Waals surface area (Å²) in [5.41, 5.74) is 0.415. The van der Waals surface area contributed by atoms with Gasteiger partial charge >= 0.3 is 0 Å². The lowest BCUT2D eigenvalue weighted by atomic mass is 10.2. The molecule has 0 aliphatic carbocycles. The number of halogens is 2. The number of amides is 1. The minimum Gasteiger partial charge on any atom is -0.300 e. The van der Waals surface area contributed by atoms with Crippen molar-refractivity contribution >= 4 is 57.5 Å². The number of hydrogen-bond donors (Lipinski definition) is 1. The zero-order valence-electron chi connectivity index (χ0n) is 12.5. The number of nitrogens with one attached hydrogen (secondary N) is 1. The van der Waals surface area contributed by atoms with Crippen molar-refractivity contribution in [1.82, 2.24) is 10.2 Å². The molecule has 0 bridgehead atoms. The molecule has 0 spiro atoms. The molecule has 0 fully saturated rings. The second-order valence-corrected chi connectivity index (χ2v) is 8.97. The minimum atomic E-state index is -0.357. The Morgan fingerprint density at radius 1 is 1.43 bits per heavy atom. The molecule has 1 heterocycles. The first-order valence-corrected chi connectivity index (χ1v) is 9.99. The molecule has 23 heavy (non-hydrogen) atoms. The fourth-order valence-electron chi connectivity index (χ4n) is 1.58. The average molecular weight is 392 g/mol. The lowest BCUT2D eigenvalue weighted by molar-refractivity contribution is -0.113. The van der Waals surface area contributed by atoms with Crippen LogP contribution >= 0.6 is 46.5 Å². The van der Waals surface area contributed by atoms with E-state index in [2.05, 4.69) is 29.4 Å². The minimum absolute atomic E-state index is 0.191. The third-order valence-electron chi connectivity index (χ3n) is 2.53. The Labute approximate surface area is 151 Å². The van der Waals surface area contributed by atoms with Gasteiger partial charge < -0.3 is 0 Å². The first kappa shape index (κ1) is 18.5. The Morgan fingerprint density at radius 2 is 2.22 bits per heavy atom. The number of anilines is 1. The summed E-state index contributed by atoms with van der Waals surface area (Å²) in [6.45, 7) is 4.13. The summed E-state index contributed by atoms with van der Waals surface area (Å²) in [5, 5.41) is 11.9. The maximum Gasteiger partial charge on any atom is 0.236 e. The van der Waals surface area contributed by atoms with Crippen molar-refractivity contribution in [3.05, 3.63) is 34.6 Å². The highest BCUT2D eigenvalue weighted by Crippen LogP contribution is 2.28. The van der Waals surface area contributed by atoms with E-state index < -0.39 is 0 Å². The molecular formula is C14H15ClFN3OS3. The summed E-state index contributed by atoms with van der Waals surface area (Å²) in [6.07, 6.45) is 0. The molecule has 0 atom stereocenters. The predicted octanol–water partition coefficient (Wildman–Crippen LogP) is 4.70. The molecule has 2 aromatic rings. The van der Waals surface area contributed by atoms with Crippen molar-refractivity contribution in [2.75, 3.05) is 11.1 Å². The van der Waals surface area contributed by atoms with Gasteiger partial charge in [-0.3, -0.25) is 10.1 Å². The van der Waals surface area contributed by atoms with Gasteiger partial charge in [0.25, 0.3) is 0 Å². The molecule has 0 aliphatic rings. The molecule has 1 N–H and O–H groups in total. The maximum absolute atomic E-state index is 13.6. The summed E-state index contributed by atoms with van der Waals surface area (Å²) in [4.78, 5) is 11.9. The normalized spacial score (nSPS) is 11.0. The Kier molecular flexibility index (Phi) is 7.13. The Hall–Kier alpha value is -0.830. The van der Waals surface area contributed by atoms with Crippen LogP contribution in [-0.4, -0.2) is 27.1 Å². The van der Waals surface area contributed by atoms with E-state index in [0.717, 1.165) is 4.34 Å². The standard InChI is InChI=1S/C14H15ClFN3OS3/c1-8(2)22-14-19-18-13(23-14)17-12(20)7-21-6-9-10(15)4-3-5-11(9)16/h3-5,8H,6-7H2,1-2H3,(H,17,18,20). The van der Waals surface area contributed by atoms with Crippen molar-refractivity contribution < 1.29 is 9.18 Å². The number of carbonyl (C=O) groups is 1. The fourth-order valence-corrected chi connectivity index (χ4v) is 4.74. The SMILES string of the molecule is CC(C)Sc1nnc(NC(=O)CSCc2c(F)cccc2Cl)s1. The van der Waals surface area contributed by atoms with Crippen LogP contribution in [0.4, 0.5) is 9.52 Å². The van der Waals surface area contributed by atoms with Crippen molar-refractivity contribution in [3.8, 4) is 0 Å². The molecule has 0 aliphatic heterocycles. The Balaban J connectivity index is 1.80. The van der Waals surface area contributed by atoms with Gasteiger partial charge in [-0.15, -0.1) is 22.0 Å². The molecule has 0 saturated carbocycles. The fraction of sp³-hybridized carbons (Fsp3) is 0.357. The molecule has 0 unspecified atom stereocenters. The summed E-state index contributed by atoms with van der Waals surface area (Å²) >= 11 is 10.2. The maximum atomic E-state index is 13.6. The second kappa shape index (κ2) is 8.86. The highest BCUT2D eigenvalue weighted by Gasteiger charge is 2.11. The van der Waals surface area contributed by atoms with Gasteiger partial charge in [0.1, 0.15) is 5.82 Å². The molecule has 1 aromatic heterocycles. The topological polar surface area (TPSA) is 54.9 Å². The first-order chi connectivity index (χ1) is 11.0. The third kappa shape index (κ3) is 5.95. The van der Waals surface area contributed by atoms with Gasteiger partial charge in [-0.2, -0.15) is 0 Å². The van der Waals surface area contributed by atoms with Crippen LogP contribution in [0.3, 0.4) is 0 Å². The summed E-state index contributed by atoms with van der Waals surface area (Å²) < 4.78 is 14.4. The van der Waals surface area contributed by atoms with Gasteiger partial charge in [-0.25, -0.2) is 4.39 Å². The number of aromatic nitrogens is 2. The molecule has 0 radical (unpaired) electrons. The molecule has 1 amide bonds. The van der Waals surface area contributed by atoms with Gasteiger partial charge in [0.2, 0.25) is 11.0 Å². The van der Waals surface area contributed by atoms with Crippen LogP contribution in [0.1, 0.15) is 19.4 Å². The number of rotatable bonds is 7. The molecular weight excluding hydrogens is 377 g/mol. The van der Waals surface area contributed by atoms with E-state index in [0.29, 0.717) is 26.7 Å². The van der Waals surface area contributed by atoms with Crippen LogP contribution in [0.15, 0.2) is 22.5 Å². The Morgan fingerprint density at radius 3 is 2.91 bits per heavy atom. The number of nitrogens with zero attached hydrogens (tertiary/aromatic N) is 2. The van der Waals surface area contributed by atoms with Crippen LogP contribution in [0.5, 0.6) is 0 Å². The van der Waals surface area contributed by atoms with Crippen LogP contribution < -0.4 is 5.32 Å². The van der Waals surface area contributed by atoms with Gasteiger partial charge in [0.05, 0.1) is 5.75 Å². The van der Waals surface area contributed by atoms with Crippen molar-refractivity contribution in [3.63, 3.8) is 0 Å². The average Bonchev–Trinajstić information content (AvgIpc) is 2.88. The lowest BCUT2D eigenvalue weighted by Gasteiger charge is -2.05. The van der Waals surface area contributed by atoms with E-state index in [1.54, 1.807) is 23.9 Å². The molecule has 4 nitrogen and oxygen atoms in total. The van der Waals surface area contributed by atoms with Crippen LogP contribution in [-0.2, 0) is 10.5 Å². The van der Waals surface area contributed by atoms with E-state index in [4.69, 9.17) is 11.6 Å². The third-order valence-corrected chi connectivity index (χ3v) is 5.77. The second-order valence-electron chi connectivity index (χ2n) is 4.78. The molecule has 0 saturated heterocycles. The lowest BCUT2D eigenvalue weighted by Crippen LogP contribution is -2.14. The van der Waals surface area contributed by atoms with Gasteiger partial charge in [0, 0.05) is 21.6 Å². The van der Waals surface area contributed by atoms with Crippen LogP contribution in [0, 0.1) is 5.82 Å². The van der Waals surface area contributed by atoms with Crippen molar-refractivity contribution in [2.24, 2.45) is 0 Å². The molecule has 1 aromatic carbocycles. The zero-order chi connectivity index (χ0) is 16.8. The summed E-state index contributed by atoms with van der Waals surface area (Å²) in [7, 11) is 0. The molecule has 2 rings (SSSR count). The first-order valence-electron chi connectivity index (χ1n) is 6.76. The zero-order valence-corrected chi connectivity index (χ0v) is 15.7. The largest absolute Gasteiger partial charge is 0.300 e. The molecule has 9 heteroatoms.